The molecule has 124 valence electrons. The number of rotatable bonds is 4. The lowest BCUT2D eigenvalue weighted by molar-refractivity contribution is -0.123. The van der Waals surface area contributed by atoms with Crippen molar-refractivity contribution in [3.05, 3.63) is 65.0 Å². The lowest BCUT2D eigenvalue weighted by Crippen LogP contribution is -2.31. The zero-order chi connectivity index (χ0) is 16.9. The highest BCUT2D eigenvalue weighted by Crippen LogP contribution is 2.29. The van der Waals surface area contributed by atoms with E-state index in [4.69, 9.17) is 4.74 Å². The third kappa shape index (κ3) is 3.45. The highest BCUT2D eigenvalue weighted by atomic mass is 16.5. The van der Waals surface area contributed by atoms with Crippen LogP contribution in [0.2, 0.25) is 0 Å². The summed E-state index contributed by atoms with van der Waals surface area (Å²) < 4.78 is 4.72. The second kappa shape index (κ2) is 7.25. The van der Waals surface area contributed by atoms with Gasteiger partial charge < -0.3 is 10.1 Å². The Balaban J connectivity index is 1.68. The second-order valence-corrected chi connectivity index (χ2v) is 5.90. The van der Waals surface area contributed by atoms with Crippen molar-refractivity contribution < 1.29 is 14.3 Å². The van der Waals surface area contributed by atoms with Gasteiger partial charge in [0.25, 0.3) is 0 Å². The molecule has 0 saturated carbocycles. The average molecular weight is 324 g/mol. The molecule has 0 spiro atoms. The zero-order valence-corrected chi connectivity index (χ0v) is 13.6. The van der Waals surface area contributed by atoms with Crippen LogP contribution in [0.5, 0.6) is 0 Å². The highest BCUT2D eigenvalue weighted by molar-refractivity contribution is 5.89. The molecule has 0 fully saturated rings. The van der Waals surface area contributed by atoms with Crippen molar-refractivity contribution in [2.24, 2.45) is 0 Å². The molecule has 0 aliphatic heterocycles. The molecule has 24 heavy (non-hydrogen) atoms. The molecule has 1 N–H and O–H groups in total. The predicted octanol–water partition coefficient (Wildman–Crippen LogP) is 2.60. The zero-order valence-electron chi connectivity index (χ0n) is 13.6. The summed E-state index contributed by atoms with van der Waals surface area (Å²) in [5.74, 6) is -0.592. The van der Waals surface area contributed by atoms with Gasteiger partial charge in [-0.1, -0.05) is 18.2 Å². The summed E-state index contributed by atoms with van der Waals surface area (Å²) in [6, 6.07) is 11.0. The number of nitrogens with one attached hydrogen (secondary N) is 1. The smallest absolute Gasteiger partial charge is 0.337 e. The van der Waals surface area contributed by atoms with Crippen molar-refractivity contribution in [2.75, 3.05) is 7.11 Å². The Kier molecular flexibility index (Phi) is 4.89. The molecule has 0 saturated heterocycles. The minimum absolute atomic E-state index is 0.0156. The van der Waals surface area contributed by atoms with Crippen molar-refractivity contribution in [3.8, 4) is 0 Å². The molecular formula is C19H20N2O3. The molecule has 1 atom stereocenters. The van der Waals surface area contributed by atoms with Gasteiger partial charge in [0.2, 0.25) is 5.91 Å². The summed E-state index contributed by atoms with van der Waals surface area (Å²) in [6.07, 6.45) is 4.53. The first kappa shape index (κ1) is 16.2. The van der Waals surface area contributed by atoms with E-state index in [1.54, 1.807) is 24.4 Å². The van der Waals surface area contributed by atoms with E-state index in [0.717, 1.165) is 36.1 Å². The van der Waals surface area contributed by atoms with E-state index < -0.39 is 0 Å². The number of carbonyl (C=O) groups excluding carboxylic acids is 2. The number of carbonyl (C=O) groups is 2. The molecule has 1 heterocycles. The standard InChI is InChI=1S/C19H20N2O3/c1-24-19(23)15-7-2-5-13(11-15)12-21-18(22)16-9-3-6-14-8-4-10-20-17(14)16/h2,4-5,7-8,10-11,16H,3,6,9,12H2,1H3,(H,21,22)/t16-/m0/s1. The maximum absolute atomic E-state index is 12.6. The van der Waals surface area contributed by atoms with Crippen molar-refractivity contribution in [1.29, 1.82) is 0 Å². The molecule has 1 aliphatic rings. The van der Waals surface area contributed by atoms with Crippen LogP contribution in [0.25, 0.3) is 0 Å². The van der Waals surface area contributed by atoms with E-state index in [9.17, 15) is 9.59 Å². The number of fused-ring (bicyclic) bond motifs is 1. The number of amides is 1. The maximum Gasteiger partial charge on any atom is 0.337 e. The Morgan fingerprint density at radius 1 is 1.29 bits per heavy atom. The number of benzene rings is 1. The molecule has 1 aromatic heterocycles. The number of hydrogen-bond acceptors (Lipinski definition) is 4. The van der Waals surface area contributed by atoms with Crippen molar-refractivity contribution >= 4 is 11.9 Å². The van der Waals surface area contributed by atoms with E-state index in [0.29, 0.717) is 12.1 Å². The molecule has 5 nitrogen and oxygen atoms in total. The summed E-state index contributed by atoms with van der Waals surface area (Å²) in [6.45, 7) is 0.377. The average Bonchev–Trinajstić information content (AvgIpc) is 2.65. The molecular weight excluding hydrogens is 304 g/mol. The van der Waals surface area contributed by atoms with Gasteiger partial charge in [0.05, 0.1) is 24.3 Å². The summed E-state index contributed by atoms with van der Waals surface area (Å²) in [7, 11) is 1.35. The topological polar surface area (TPSA) is 68.3 Å². The van der Waals surface area contributed by atoms with Crippen LogP contribution in [-0.4, -0.2) is 24.0 Å². The van der Waals surface area contributed by atoms with E-state index in [1.807, 2.05) is 18.2 Å². The number of pyridine rings is 1. The molecule has 3 rings (SSSR count). The Bertz CT molecular complexity index is 758. The summed E-state index contributed by atoms with van der Waals surface area (Å²) in [5.41, 5.74) is 3.40. The number of nitrogens with zero attached hydrogens (tertiary/aromatic N) is 1. The Morgan fingerprint density at radius 3 is 3.00 bits per heavy atom. The fourth-order valence-electron chi connectivity index (χ4n) is 3.10. The molecule has 1 aromatic carbocycles. The van der Waals surface area contributed by atoms with Gasteiger partial charge in [-0.05, 0) is 48.6 Å². The molecule has 1 amide bonds. The maximum atomic E-state index is 12.6. The van der Waals surface area contributed by atoms with Crippen LogP contribution < -0.4 is 5.32 Å². The van der Waals surface area contributed by atoms with Gasteiger partial charge in [-0.2, -0.15) is 0 Å². The van der Waals surface area contributed by atoms with Crippen molar-refractivity contribution in [3.63, 3.8) is 0 Å². The van der Waals surface area contributed by atoms with Gasteiger partial charge in [-0.25, -0.2) is 4.79 Å². The third-order valence-electron chi connectivity index (χ3n) is 4.33. The number of hydrogen-bond donors (Lipinski definition) is 1. The monoisotopic (exact) mass is 324 g/mol. The first-order chi connectivity index (χ1) is 11.7. The van der Waals surface area contributed by atoms with Crippen LogP contribution in [-0.2, 0) is 22.5 Å². The molecule has 0 radical (unpaired) electrons. The van der Waals surface area contributed by atoms with Crippen LogP contribution in [0.3, 0.4) is 0 Å². The summed E-state index contributed by atoms with van der Waals surface area (Å²) in [4.78, 5) is 28.5. The third-order valence-corrected chi connectivity index (χ3v) is 4.33. The first-order valence-electron chi connectivity index (χ1n) is 8.08. The fraction of sp³-hybridized carbons (Fsp3) is 0.316. The molecule has 0 bridgehead atoms. The Hall–Kier alpha value is -2.69. The van der Waals surface area contributed by atoms with Crippen LogP contribution in [0.1, 0.15) is 45.9 Å². The minimum Gasteiger partial charge on any atom is -0.465 e. The summed E-state index contributed by atoms with van der Waals surface area (Å²) >= 11 is 0. The van der Waals surface area contributed by atoms with E-state index in [1.165, 1.54) is 7.11 Å². The normalized spacial score (nSPS) is 16.1. The molecule has 0 unspecified atom stereocenters. The number of aromatic nitrogens is 1. The van der Waals surface area contributed by atoms with Crippen molar-refractivity contribution in [2.45, 2.75) is 31.7 Å². The van der Waals surface area contributed by atoms with Crippen LogP contribution in [0, 0.1) is 0 Å². The van der Waals surface area contributed by atoms with Crippen LogP contribution in [0.4, 0.5) is 0 Å². The largest absolute Gasteiger partial charge is 0.465 e. The number of aryl methyl sites for hydroxylation is 1. The lowest BCUT2D eigenvalue weighted by atomic mass is 9.86. The van der Waals surface area contributed by atoms with Gasteiger partial charge >= 0.3 is 5.97 Å². The van der Waals surface area contributed by atoms with Gasteiger partial charge in [0, 0.05) is 12.7 Å². The Labute approximate surface area is 141 Å². The fourth-order valence-corrected chi connectivity index (χ4v) is 3.10. The van der Waals surface area contributed by atoms with Gasteiger partial charge in [0.15, 0.2) is 0 Å². The summed E-state index contributed by atoms with van der Waals surface area (Å²) in [5, 5.41) is 2.96. The van der Waals surface area contributed by atoms with E-state index >= 15 is 0 Å². The minimum atomic E-state index is -0.381. The lowest BCUT2D eigenvalue weighted by Gasteiger charge is -2.23. The SMILES string of the molecule is COC(=O)c1cccc(CNC(=O)[C@H]2CCCc3cccnc32)c1. The molecule has 2 aromatic rings. The van der Waals surface area contributed by atoms with Crippen molar-refractivity contribution in [1.82, 2.24) is 10.3 Å². The van der Waals surface area contributed by atoms with Crippen LogP contribution in [0.15, 0.2) is 42.6 Å². The van der Waals surface area contributed by atoms with Gasteiger partial charge in [-0.3, -0.25) is 9.78 Å². The molecule has 1 aliphatic carbocycles. The Morgan fingerprint density at radius 2 is 2.17 bits per heavy atom. The van der Waals surface area contributed by atoms with E-state index in [2.05, 4.69) is 10.3 Å². The first-order valence-corrected chi connectivity index (χ1v) is 8.08. The van der Waals surface area contributed by atoms with E-state index in [-0.39, 0.29) is 17.8 Å². The second-order valence-electron chi connectivity index (χ2n) is 5.90. The predicted molar refractivity (Wildman–Crippen MR) is 89.5 cm³/mol. The van der Waals surface area contributed by atoms with Gasteiger partial charge in [-0.15, -0.1) is 0 Å². The van der Waals surface area contributed by atoms with Gasteiger partial charge in [0.1, 0.15) is 0 Å². The number of methoxy groups -OCH3 is 1. The van der Waals surface area contributed by atoms with Crippen LogP contribution >= 0.6 is 0 Å². The number of esters is 1. The quantitative estimate of drug-likeness (QED) is 0.878. The molecule has 5 heteroatoms. The number of ether oxygens (including phenoxy) is 1. The highest BCUT2D eigenvalue weighted by Gasteiger charge is 2.27.